The Balaban J connectivity index is 0.00000169. The number of aromatic nitrogens is 2. The predicted octanol–water partition coefficient (Wildman–Crippen LogP) is 3.40. The Bertz CT molecular complexity index is 811. The van der Waals surface area contributed by atoms with Crippen molar-refractivity contribution >= 4 is 34.0 Å². The molecule has 0 spiro atoms. The van der Waals surface area contributed by atoms with Crippen LogP contribution in [-0.4, -0.2) is 34.5 Å². The second kappa shape index (κ2) is 7.53. The first-order valence-corrected chi connectivity index (χ1v) is 8.51. The molecule has 1 unspecified atom stereocenters. The van der Waals surface area contributed by atoms with Gasteiger partial charge in [-0.05, 0) is 35.9 Å². The largest absolute Gasteiger partial charge is 0.314 e. The van der Waals surface area contributed by atoms with E-state index in [4.69, 9.17) is 0 Å². The van der Waals surface area contributed by atoms with Gasteiger partial charge in [-0.15, -0.1) is 23.7 Å². The first-order valence-electron chi connectivity index (χ1n) is 7.69. The summed E-state index contributed by atoms with van der Waals surface area (Å²) in [5.74, 6) is -0.204. The van der Waals surface area contributed by atoms with Gasteiger partial charge in [-0.2, -0.15) is 0 Å². The second-order valence-corrected chi connectivity index (χ2v) is 6.81. The lowest BCUT2D eigenvalue weighted by molar-refractivity contribution is 0.153. The number of halogens is 2. The number of fused-ring (bicyclic) bond motifs is 1. The van der Waals surface area contributed by atoms with Gasteiger partial charge in [0.2, 0.25) is 0 Å². The summed E-state index contributed by atoms with van der Waals surface area (Å²) >= 11 is 1.58. The van der Waals surface area contributed by atoms with E-state index in [1.54, 1.807) is 23.5 Å². The van der Waals surface area contributed by atoms with E-state index in [1.165, 1.54) is 11.6 Å². The van der Waals surface area contributed by atoms with Crippen LogP contribution in [0.15, 0.2) is 42.7 Å². The summed E-state index contributed by atoms with van der Waals surface area (Å²) in [5.41, 5.74) is 2.14. The number of hydrogen-bond acceptors (Lipinski definition) is 5. The zero-order valence-corrected chi connectivity index (χ0v) is 14.6. The lowest BCUT2D eigenvalue weighted by Gasteiger charge is -2.35. The summed E-state index contributed by atoms with van der Waals surface area (Å²) in [6.45, 7) is 3.65. The van der Waals surface area contributed by atoms with Crippen molar-refractivity contribution in [2.24, 2.45) is 0 Å². The third kappa shape index (κ3) is 3.57. The van der Waals surface area contributed by atoms with Crippen molar-refractivity contribution < 1.29 is 4.39 Å². The first kappa shape index (κ1) is 17.2. The lowest BCUT2D eigenvalue weighted by atomic mass is 10.0. The van der Waals surface area contributed by atoms with Gasteiger partial charge in [-0.3, -0.25) is 9.88 Å². The average molecular weight is 365 g/mol. The molecule has 4 nitrogen and oxygen atoms in total. The number of nitrogens with one attached hydrogen (secondary N) is 1. The van der Waals surface area contributed by atoms with E-state index in [9.17, 15) is 4.39 Å². The molecule has 3 aromatic rings. The SMILES string of the molecule is Cl.Fc1ccc2nc(CN3CCNCC3c3ccncc3)sc2c1. The van der Waals surface area contributed by atoms with Gasteiger partial charge in [-0.1, -0.05) is 0 Å². The summed E-state index contributed by atoms with van der Waals surface area (Å²) in [5, 5.41) is 4.49. The van der Waals surface area contributed by atoms with Crippen LogP contribution >= 0.6 is 23.7 Å². The van der Waals surface area contributed by atoms with E-state index in [0.717, 1.165) is 41.4 Å². The molecule has 4 rings (SSSR count). The normalized spacial score (nSPS) is 18.5. The van der Waals surface area contributed by atoms with Crippen LogP contribution in [0, 0.1) is 5.82 Å². The van der Waals surface area contributed by atoms with Crippen molar-refractivity contribution in [1.29, 1.82) is 0 Å². The molecule has 126 valence electrons. The zero-order chi connectivity index (χ0) is 15.6. The van der Waals surface area contributed by atoms with Gasteiger partial charge in [0.15, 0.2) is 0 Å². The van der Waals surface area contributed by atoms with Crippen LogP contribution in [0.3, 0.4) is 0 Å². The Kier molecular flexibility index (Phi) is 5.40. The molecule has 1 aromatic carbocycles. The van der Waals surface area contributed by atoms with Crippen LogP contribution in [0.25, 0.3) is 10.2 Å². The topological polar surface area (TPSA) is 41.1 Å². The van der Waals surface area contributed by atoms with Gasteiger partial charge in [0.05, 0.1) is 16.8 Å². The third-order valence-corrected chi connectivity index (χ3v) is 5.18. The maximum atomic E-state index is 13.3. The van der Waals surface area contributed by atoms with Crippen LogP contribution in [0.2, 0.25) is 0 Å². The van der Waals surface area contributed by atoms with Crippen molar-refractivity contribution in [3.63, 3.8) is 0 Å². The van der Waals surface area contributed by atoms with E-state index in [1.807, 2.05) is 12.4 Å². The fourth-order valence-electron chi connectivity index (χ4n) is 3.04. The highest BCUT2D eigenvalue weighted by atomic mass is 35.5. The molecule has 1 atom stereocenters. The highest BCUT2D eigenvalue weighted by Crippen LogP contribution is 2.28. The lowest BCUT2D eigenvalue weighted by Crippen LogP contribution is -2.45. The molecule has 0 radical (unpaired) electrons. The van der Waals surface area contributed by atoms with Gasteiger partial charge in [0.1, 0.15) is 10.8 Å². The van der Waals surface area contributed by atoms with Crippen LogP contribution in [0.1, 0.15) is 16.6 Å². The molecule has 24 heavy (non-hydrogen) atoms. The zero-order valence-electron chi connectivity index (χ0n) is 13.0. The minimum absolute atomic E-state index is 0. The predicted molar refractivity (Wildman–Crippen MR) is 97.1 cm³/mol. The van der Waals surface area contributed by atoms with E-state index in [0.29, 0.717) is 6.04 Å². The van der Waals surface area contributed by atoms with Crippen molar-refractivity contribution in [2.45, 2.75) is 12.6 Å². The maximum absolute atomic E-state index is 13.3. The van der Waals surface area contributed by atoms with Gasteiger partial charge in [0.25, 0.3) is 0 Å². The van der Waals surface area contributed by atoms with Crippen molar-refractivity contribution in [3.05, 3.63) is 59.1 Å². The molecule has 1 saturated heterocycles. The molecule has 0 saturated carbocycles. The fraction of sp³-hybridized carbons (Fsp3) is 0.294. The molecule has 1 fully saturated rings. The molecule has 2 aromatic heterocycles. The Labute approximate surface area is 150 Å². The number of hydrogen-bond donors (Lipinski definition) is 1. The summed E-state index contributed by atoms with van der Waals surface area (Å²) in [6.07, 6.45) is 3.67. The van der Waals surface area contributed by atoms with Crippen molar-refractivity contribution in [1.82, 2.24) is 20.2 Å². The molecule has 0 bridgehead atoms. The number of piperazine rings is 1. The standard InChI is InChI=1S/C17H17FN4S.ClH/c18-13-1-2-14-16(9-13)23-17(21-14)11-22-8-7-20-10-15(22)12-3-5-19-6-4-12;/h1-6,9,15,20H,7-8,10-11H2;1H. The molecule has 1 aliphatic heterocycles. The van der Waals surface area contributed by atoms with Gasteiger partial charge < -0.3 is 5.32 Å². The smallest absolute Gasteiger partial charge is 0.124 e. The maximum Gasteiger partial charge on any atom is 0.124 e. The Morgan fingerprint density at radius 2 is 2.08 bits per heavy atom. The monoisotopic (exact) mass is 364 g/mol. The van der Waals surface area contributed by atoms with E-state index in [2.05, 4.69) is 32.3 Å². The van der Waals surface area contributed by atoms with E-state index >= 15 is 0 Å². The number of nitrogens with zero attached hydrogens (tertiary/aromatic N) is 3. The number of thiazole rings is 1. The number of pyridine rings is 1. The summed E-state index contributed by atoms with van der Waals surface area (Å²) in [4.78, 5) is 11.2. The summed E-state index contributed by atoms with van der Waals surface area (Å²) in [6, 6.07) is 9.24. The molecule has 0 aliphatic carbocycles. The third-order valence-electron chi connectivity index (χ3n) is 4.18. The first-order chi connectivity index (χ1) is 11.3. The minimum atomic E-state index is -0.204. The Morgan fingerprint density at radius 1 is 1.25 bits per heavy atom. The molecular formula is C17H18ClFN4S. The molecule has 0 amide bonds. The summed E-state index contributed by atoms with van der Waals surface area (Å²) in [7, 11) is 0. The molecular weight excluding hydrogens is 347 g/mol. The van der Waals surface area contributed by atoms with E-state index < -0.39 is 0 Å². The van der Waals surface area contributed by atoms with Crippen molar-refractivity contribution in [3.8, 4) is 0 Å². The Hall–Kier alpha value is -1.60. The second-order valence-electron chi connectivity index (χ2n) is 5.69. The molecule has 1 aliphatic rings. The fourth-order valence-corrected chi connectivity index (χ4v) is 4.06. The Morgan fingerprint density at radius 3 is 2.92 bits per heavy atom. The average Bonchev–Trinajstić information content (AvgIpc) is 2.97. The highest BCUT2D eigenvalue weighted by molar-refractivity contribution is 7.18. The number of rotatable bonds is 3. The highest BCUT2D eigenvalue weighted by Gasteiger charge is 2.24. The van der Waals surface area contributed by atoms with Gasteiger partial charge in [-0.25, -0.2) is 9.37 Å². The van der Waals surface area contributed by atoms with Crippen LogP contribution in [0.4, 0.5) is 4.39 Å². The van der Waals surface area contributed by atoms with Crippen molar-refractivity contribution in [2.75, 3.05) is 19.6 Å². The molecule has 1 N–H and O–H groups in total. The summed E-state index contributed by atoms with van der Waals surface area (Å²) < 4.78 is 14.3. The van der Waals surface area contributed by atoms with Gasteiger partial charge in [0, 0.05) is 38.1 Å². The van der Waals surface area contributed by atoms with Crippen LogP contribution < -0.4 is 5.32 Å². The van der Waals surface area contributed by atoms with E-state index in [-0.39, 0.29) is 18.2 Å². The molecule has 7 heteroatoms. The minimum Gasteiger partial charge on any atom is -0.314 e. The van der Waals surface area contributed by atoms with Gasteiger partial charge >= 0.3 is 0 Å². The molecule has 3 heterocycles. The van der Waals surface area contributed by atoms with Crippen LogP contribution in [0.5, 0.6) is 0 Å². The number of benzene rings is 1. The quantitative estimate of drug-likeness (QED) is 0.773. The van der Waals surface area contributed by atoms with Crippen LogP contribution in [-0.2, 0) is 6.54 Å².